The van der Waals surface area contributed by atoms with Crippen molar-refractivity contribution >= 4 is 17.8 Å². The maximum Gasteiger partial charge on any atom is 0.308 e. The molecule has 0 saturated heterocycles. The van der Waals surface area contributed by atoms with E-state index in [0.717, 1.165) is 25.7 Å². The molecule has 1 aromatic carbocycles. The lowest BCUT2D eigenvalue weighted by Crippen LogP contribution is -2.36. The minimum absolute atomic E-state index is 0.00238. The van der Waals surface area contributed by atoms with E-state index in [1.54, 1.807) is 24.3 Å². The monoisotopic (exact) mass is 348 g/mol. The highest BCUT2D eigenvalue weighted by Crippen LogP contribution is 2.17. The zero-order valence-corrected chi connectivity index (χ0v) is 14.4. The van der Waals surface area contributed by atoms with E-state index in [0.29, 0.717) is 11.3 Å². The lowest BCUT2D eigenvalue weighted by atomic mass is 10.2. The summed E-state index contributed by atoms with van der Waals surface area (Å²) >= 11 is 0. The van der Waals surface area contributed by atoms with Crippen molar-refractivity contribution in [2.45, 2.75) is 38.1 Å². The number of para-hydroxylation sites is 1. The van der Waals surface area contributed by atoms with Gasteiger partial charge >= 0.3 is 5.97 Å². The molecule has 1 fully saturated rings. The van der Waals surface area contributed by atoms with Gasteiger partial charge in [0.2, 0.25) is 0 Å². The minimum Gasteiger partial charge on any atom is -0.496 e. The van der Waals surface area contributed by atoms with Gasteiger partial charge in [-0.05, 0) is 25.0 Å². The van der Waals surface area contributed by atoms with Gasteiger partial charge in [0.1, 0.15) is 5.75 Å². The highest BCUT2D eigenvalue weighted by Gasteiger charge is 2.18. The third kappa shape index (κ3) is 6.10. The van der Waals surface area contributed by atoms with Crippen molar-refractivity contribution in [1.82, 2.24) is 10.6 Å². The van der Waals surface area contributed by atoms with Crippen LogP contribution < -0.4 is 15.4 Å². The fourth-order valence-electron chi connectivity index (χ4n) is 2.76. The number of ether oxygens (including phenoxy) is 2. The second-order valence-corrected chi connectivity index (χ2v) is 5.92. The first-order valence-corrected chi connectivity index (χ1v) is 8.46. The molecule has 1 aliphatic rings. The Morgan fingerprint density at radius 1 is 1.16 bits per heavy atom. The van der Waals surface area contributed by atoms with Gasteiger partial charge in [-0.15, -0.1) is 0 Å². The van der Waals surface area contributed by atoms with Crippen molar-refractivity contribution in [3.05, 3.63) is 29.8 Å². The van der Waals surface area contributed by atoms with Crippen LogP contribution in [0, 0.1) is 0 Å². The molecule has 7 heteroatoms. The van der Waals surface area contributed by atoms with Gasteiger partial charge in [-0.25, -0.2) is 0 Å². The van der Waals surface area contributed by atoms with Gasteiger partial charge in [-0.1, -0.05) is 25.0 Å². The predicted molar refractivity (Wildman–Crippen MR) is 91.3 cm³/mol. The van der Waals surface area contributed by atoms with Crippen molar-refractivity contribution in [2.24, 2.45) is 0 Å². The molecule has 1 saturated carbocycles. The van der Waals surface area contributed by atoms with E-state index < -0.39 is 5.97 Å². The van der Waals surface area contributed by atoms with Crippen LogP contribution in [0.3, 0.4) is 0 Å². The standard InChI is InChI=1S/C18H24N2O5/c1-24-15-9-5-4-8-14(15)18(23)19-11-10-17(22)25-12-16(21)20-13-6-2-3-7-13/h4-5,8-9,13H,2-3,6-7,10-12H2,1H3,(H,19,23)(H,20,21). The molecule has 0 aromatic heterocycles. The average molecular weight is 348 g/mol. The Bertz CT molecular complexity index is 611. The third-order valence-electron chi connectivity index (χ3n) is 4.05. The van der Waals surface area contributed by atoms with Crippen LogP contribution in [0.5, 0.6) is 5.75 Å². The summed E-state index contributed by atoms with van der Waals surface area (Å²) in [5, 5.41) is 5.47. The Balaban J connectivity index is 1.64. The zero-order chi connectivity index (χ0) is 18.1. The van der Waals surface area contributed by atoms with Crippen LogP contribution >= 0.6 is 0 Å². The number of nitrogens with one attached hydrogen (secondary N) is 2. The molecular weight excluding hydrogens is 324 g/mol. The summed E-state index contributed by atoms with van der Waals surface area (Å²) in [5.74, 6) is -0.671. The van der Waals surface area contributed by atoms with E-state index in [9.17, 15) is 14.4 Å². The predicted octanol–water partition coefficient (Wildman–Crippen LogP) is 1.42. The van der Waals surface area contributed by atoms with Crippen LogP contribution in [0.1, 0.15) is 42.5 Å². The third-order valence-corrected chi connectivity index (χ3v) is 4.05. The second kappa shape index (κ2) is 9.66. The number of esters is 1. The lowest BCUT2D eigenvalue weighted by molar-refractivity contribution is -0.148. The van der Waals surface area contributed by atoms with E-state index in [1.807, 2.05) is 0 Å². The summed E-state index contributed by atoms with van der Waals surface area (Å²) in [5.41, 5.74) is 0.398. The lowest BCUT2D eigenvalue weighted by Gasteiger charge is -2.12. The fraction of sp³-hybridized carbons (Fsp3) is 0.500. The number of benzene rings is 1. The number of amides is 2. The summed E-state index contributed by atoms with van der Waals surface area (Å²) in [6.45, 7) is -0.157. The molecule has 136 valence electrons. The number of hydrogen-bond acceptors (Lipinski definition) is 5. The van der Waals surface area contributed by atoms with Crippen LogP contribution in [-0.4, -0.2) is 44.1 Å². The zero-order valence-electron chi connectivity index (χ0n) is 14.4. The Morgan fingerprint density at radius 3 is 2.60 bits per heavy atom. The first kappa shape index (κ1) is 18.8. The van der Waals surface area contributed by atoms with Crippen molar-refractivity contribution in [3.8, 4) is 5.75 Å². The van der Waals surface area contributed by atoms with Crippen molar-refractivity contribution in [2.75, 3.05) is 20.3 Å². The number of hydrogen-bond donors (Lipinski definition) is 2. The fourth-order valence-corrected chi connectivity index (χ4v) is 2.76. The quantitative estimate of drug-likeness (QED) is 0.693. The van der Waals surface area contributed by atoms with E-state index >= 15 is 0 Å². The Morgan fingerprint density at radius 2 is 1.88 bits per heavy atom. The average Bonchev–Trinajstić information content (AvgIpc) is 3.12. The molecule has 0 radical (unpaired) electrons. The van der Waals surface area contributed by atoms with Gasteiger partial charge in [0, 0.05) is 12.6 Å². The largest absolute Gasteiger partial charge is 0.496 e. The first-order chi connectivity index (χ1) is 12.1. The van der Waals surface area contributed by atoms with Gasteiger partial charge in [-0.3, -0.25) is 14.4 Å². The first-order valence-electron chi connectivity index (χ1n) is 8.46. The van der Waals surface area contributed by atoms with Gasteiger partial charge in [0.05, 0.1) is 19.1 Å². The van der Waals surface area contributed by atoms with Crippen LogP contribution in [0.15, 0.2) is 24.3 Å². The molecule has 0 atom stereocenters. The maximum absolute atomic E-state index is 12.1. The highest BCUT2D eigenvalue weighted by molar-refractivity contribution is 5.97. The number of carbonyl (C=O) groups is 3. The van der Waals surface area contributed by atoms with Crippen molar-refractivity contribution in [1.29, 1.82) is 0 Å². The van der Waals surface area contributed by atoms with Crippen molar-refractivity contribution in [3.63, 3.8) is 0 Å². The molecule has 0 aliphatic heterocycles. The number of carbonyl (C=O) groups excluding carboxylic acids is 3. The van der Waals surface area contributed by atoms with Crippen LogP contribution in [0.2, 0.25) is 0 Å². The molecular formula is C18H24N2O5. The summed E-state index contributed by atoms with van der Waals surface area (Å²) < 4.78 is 10.0. The molecule has 2 amide bonds. The summed E-state index contributed by atoms with van der Waals surface area (Å²) in [7, 11) is 1.49. The number of methoxy groups -OCH3 is 1. The topological polar surface area (TPSA) is 93.7 Å². The SMILES string of the molecule is COc1ccccc1C(=O)NCCC(=O)OCC(=O)NC1CCCC1. The molecule has 1 aromatic rings. The Kier molecular flexibility index (Phi) is 7.25. The van der Waals surface area contributed by atoms with Gasteiger partial charge in [-0.2, -0.15) is 0 Å². The molecule has 2 rings (SSSR count). The highest BCUT2D eigenvalue weighted by atomic mass is 16.5. The molecule has 0 bridgehead atoms. The van der Waals surface area contributed by atoms with Crippen LogP contribution in [0.25, 0.3) is 0 Å². The van der Waals surface area contributed by atoms with Gasteiger partial charge < -0.3 is 20.1 Å². The van der Waals surface area contributed by atoms with E-state index in [1.165, 1.54) is 7.11 Å². The molecule has 2 N–H and O–H groups in total. The molecule has 25 heavy (non-hydrogen) atoms. The van der Waals surface area contributed by atoms with Crippen LogP contribution in [0.4, 0.5) is 0 Å². The van der Waals surface area contributed by atoms with Gasteiger partial charge in [0.25, 0.3) is 11.8 Å². The van der Waals surface area contributed by atoms with Crippen LogP contribution in [-0.2, 0) is 14.3 Å². The summed E-state index contributed by atoms with van der Waals surface area (Å²) in [6, 6.07) is 7.02. The number of rotatable bonds is 8. The smallest absolute Gasteiger partial charge is 0.308 e. The molecule has 1 aliphatic carbocycles. The molecule has 7 nitrogen and oxygen atoms in total. The second-order valence-electron chi connectivity index (χ2n) is 5.92. The minimum atomic E-state index is -0.526. The maximum atomic E-state index is 12.1. The summed E-state index contributed by atoms with van der Waals surface area (Å²) in [6.07, 6.45) is 4.20. The van der Waals surface area contributed by atoms with E-state index in [2.05, 4.69) is 10.6 Å². The Labute approximate surface area is 147 Å². The Hall–Kier alpha value is -2.57. The normalized spacial score (nSPS) is 14.0. The van der Waals surface area contributed by atoms with Crippen molar-refractivity contribution < 1.29 is 23.9 Å². The summed E-state index contributed by atoms with van der Waals surface area (Å²) in [4.78, 5) is 35.4. The van der Waals surface area contributed by atoms with E-state index in [4.69, 9.17) is 9.47 Å². The van der Waals surface area contributed by atoms with E-state index in [-0.39, 0.29) is 37.4 Å². The van der Waals surface area contributed by atoms with Gasteiger partial charge in [0.15, 0.2) is 6.61 Å². The molecule has 0 heterocycles. The molecule has 0 unspecified atom stereocenters. The molecule has 0 spiro atoms.